The summed E-state index contributed by atoms with van der Waals surface area (Å²) in [4.78, 5) is 6.96. The van der Waals surface area contributed by atoms with Crippen molar-refractivity contribution in [1.29, 1.82) is 0 Å². The van der Waals surface area contributed by atoms with Gasteiger partial charge in [-0.1, -0.05) is 13.0 Å². The second kappa shape index (κ2) is 3.20. The van der Waals surface area contributed by atoms with Crippen molar-refractivity contribution in [3.05, 3.63) is 30.9 Å². The number of H-pyrrole nitrogens is 1. The molecule has 1 aromatic heterocycles. The zero-order valence-corrected chi connectivity index (χ0v) is 6.17. The van der Waals surface area contributed by atoms with Crippen molar-refractivity contribution < 1.29 is 0 Å². The molecule has 0 amide bonds. The number of imidazole rings is 1. The van der Waals surface area contributed by atoms with Crippen molar-refractivity contribution in [1.82, 2.24) is 9.97 Å². The Hall–Kier alpha value is -1.05. The predicted molar refractivity (Wildman–Crippen MR) is 41.7 cm³/mol. The van der Waals surface area contributed by atoms with E-state index in [1.165, 1.54) is 5.69 Å². The molecule has 0 saturated carbocycles. The molecule has 10 heavy (non-hydrogen) atoms. The minimum Gasteiger partial charge on any atom is -0.348 e. The normalized spacial score (nSPS) is 12.9. The maximum Gasteiger partial charge on any atom is 0.0921 e. The molecule has 0 aliphatic carbocycles. The molecule has 0 aliphatic heterocycles. The van der Waals surface area contributed by atoms with Gasteiger partial charge in [-0.3, -0.25) is 0 Å². The first kappa shape index (κ1) is 7.06. The molecule has 1 heterocycles. The fraction of sp³-hybridized carbons (Fsp3) is 0.375. The maximum atomic E-state index is 3.92. The molecule has 0 bridgehead atoms. The summed E-state index contributed by atoms with van der Waals surface area (Å²) in [6.07, 6.45) is 6.50. The van der Waals surface area contributed by atoms with E-state index in [1.54, 1.807) is 6.33 Å². The van der Waals surface area contributed by atoms with Crippen molar-refractivity contribution in [2.45, 2.75) is 13.3 Å². The lowest BCUT2D eigenvalue weighted by Gasteiger charge is -2.00. The molecule has 0 saturated heterocycles. The molecular formula is C8H12N2. The molecule has 0 aliphatic rings. The fourth-order valence-electron chi connectivity index (χ4n) is 0.827. The van der Waals surface area contributed by atoms with Gasteiger partial charge >= 0.3 is 0 Å². The van der Waals surface area contributed by atoms with Crippen LogP contribution in [0.1, 0.15) is 12.6 Å². The van der Waals surface area contributed by atoms with Gasteiger partial charge in [0.2, 0.25) is 0 Å². The van der Waals surface area contributed by atoms with Crippen LogP contribution in [0.3, 0.4) is 0 Å². The van der Waals surface area contributed by atoms with Gasteiger partial charge in [0.1, 0.15) is 0 Å². The highest BCUT2D eigenvalue weighted by Crippen LogP contribution is 2.04. The minimum atomic E-state index is 0.528. The van der Waals surface area contributed by atoms with Crippen LogP contribution in [-0.2, 0) is 6.42 Å². The van der Waals surface area contributed by atoms with Gasteiger partial charge in [-0.25, -0.2) is 4.98 Å². The number of aromatic amines is 1. The van der Waals surface area contributed by atoms with E-state index in [0.29, 0.717) is 5.92 Å². The molecule has 0 aromatic carbocycles. The largest absolute Gasteiger partial charge is 0.348 e. The van der Waals surface area contributed by atoms with Gasteiger partial charge in [0.25, 0.3) is 0 Å². The highest BCUT2D eigenvalue weighted by Gasteiger charge is 1.98. The Morgan fingerprint density at radius 1 is 1.90 bits per heavy atom. The zero-order valence-electron chi connectivity index (χ0n) is 6.17. The third kappa shape index (κ3) is 1.72. The average molecular weight is 136 g/mol. The molecule has 1 atom stereocenters. The summed E-state index contributed by atoms with van der Waals surface area (Å²) in [5.41, 5.74) is 1.17. The van der Waals surface area contributed by atoms with Crippen molar-refractivity contribution in [2.24, 2.45) is 5.92 Å². The van der Waals surface area contributed by atoms with E-state index >= 15 is 0 Å². The van der Waals surface area contributed by atoms with Crippen LogP contribution in [0.4, 0.5) is 0 Å². The van der Waals surface area contributed by atoms with Crippen molar-refractivity contribution in [3.63, 3.8) is 0 Å². The summed E-state index contributed by atoms with van der Waals surface area (Å²) in [6.45, 7) is 5.84. The first-order chi connectivity index (χ1) is 4.83. The Balaban J connectivity index is 2.47. The van der Waals surface area contributed by atoms with E-state index in [1.807, 2.05) is 12.3 Å². The minimum absolute atomic E-state index is 0.528. The van der Waals surface area contributed by atoms with Gasteiger partial charge in [-0.05, 0) is 12.3 Å². The van der Waals surface area contributed by atoms with Gasteiger partial charge in [0.15, 0.2) is 0 Å². The molecular weight excluding hydrogens is 124 g/mol. The summed E-state index contributed by atoms with van der Waals surface area (Å²) in [7, 11) is 0. The number of nitrogens with zero attached hydrogens (tertiary/aromatic N) is 1. The van der Waals surface area contributed by atoms with Crippen LogP contribution in [0.25, 0.3) is 0 Å². The highest BCUT2D eigenvalue weighted by molar-refractivity contribution is 4.97. The lowest BCUT2D eigenvalue weighted by atomic mass is 10.1. The number of hydrogen-bond donors (Lipinski definition) is 1. The molecule has 2 nitrogen and oxygen atoms in total. The third-order valence-electron chi connectivity index (χ3n) is 1.50. The summed E-state index contributed by atoms with van der Waals surface area (Å²) in [5, 5.41) is 0. The van der Waals surface area contributed by atoms with E-state index in [-0.39, 0.29) is 0 Å². The van der Waals surface area contributed by atoms with Gasteiger partial charge in [-0.15, -0.1) is 6.58 Å². The first-order valence-corrected chi connectivity index (χ1v) is 3.42. The second-order valence-corrected chi connectivity index (χ2v) is 2.49. The van der Waals surface area contributed by atoms with Crippen LogP contribution in [0.5, 0.6) is 0 Å². The van der Waals surface area contributed by atoms with E-state index in [0.717, 1.165) is 6.42 Å². The topological polar surface area (TPSA) is 28.7 Å². The highest BCUT2D eigenvalue weighted by atomic mass is 14.9. The third-order valence-corrected chi connectivity index (χ3v) is 1.50. The Kier molecular flexibility index (Phi) is 2.26. The number of hydrogen-bond acceptors (Lipinski definition) is 1. The standard InChI is InChI=1S/C8H12N2/c1-3-7(2)4-8-5-9-6-10-8/h3,5-7H,1,4H2,2H3,(H,9,10). The lowest BCUT2D eigenvalue weighted by molar-refractivity contribution is 0.712. The van der Waals surface area contributed by atoms with E-state index in [4.69, 9.17) is 0 Å². The summed E-state index contributed by atoms with van der Waals surface area (Å²) >= 11 is 0. The summed E-state index contributed by atoms with van der Waals surface area (Å²) in [6, 6.07) is 0. The monoisotopic (exact) mass is 136 g/mol. The molecule has 1 N–H and O–H groups in total. The van der Waals surface area contributed by atoms with E-state index in [2.05, 4.69) is 23.5 Å². The van der Waals surface area contributed by atoms with Gasteiger partial charge in [0, 0.05) is 11.9 Å². The molecule has 2 heteroatoms. The van der Waals surface area contributed by atoms with Gasteiger partial charge in [-0.2, -0.15) is 0 Å². The van der Waals surface area contributed by atoms with Crippen LogP contribution in [-0.4, -0.2) is 9.97 Å². The Morgan fingerprint density at radius 3 is 3.20 bits per heavy atom. The van der Waals surface area contributed by atoms with Crippen LogP contribution in [0.2, 0.25) is 0 Å². The Labute approximate surface area is 61.0 Å². The predicted octanol–water partition coefficient (Wildman–Crippen LogP) is 1.77. The molecule has 0 fully saturated rings. The quantitative estimate of drug-likeness (QED) is 0.630. The van der Waals surface area contributed by atoms with Crippen LogP contribution >= 0.6 is 0 Å². The SMILES string of the molecule is C=CC(C)Cc1cnc[nH]1. The van der Waals surface area contributed by atoms with Crippen LogP contribution in [0, 0.1) is 5.92 Å². The number of allylic oxidation sites excluding steroid dienone is 1. The molecule has 1 rings (SSSR count). The van der Waals surface area contributed by atoms with Crippen LogP contribution < -0.4 is 0 Å². The molecule has 0 radical (unpaired) electrons. The van der Waals surface area contributed by atoms with Gasteiger partial charge < -0.3 is 4.98 Å². The van der Waals surface area contributed by atoms with Crippen molar-refractivity contribution in [3.8, 4) is 0 Å². The molecule has 1 aromatic rings. The van der Waals surface area contributed by atoms with Crippen LogP contribution in [0.15, 0.2) is 25.2 Å². The second-order valence-electron chi connectivity index (χ2n) is 2.49. The van der Waals surface area contributed by atoms with Crippen molar-refractivity contribution in [2.75, 3.05) is 0 Å². The van der Waals surface area contributed by atoms with E-state index in [9.17, 15) is 0 Å². The summed E-state index contributed by atoms with van der Waals surface area (Å²) in [5.74, 6) is 0.528. The summed E-state index contributed by atoms with van der Waals surface area (Å²) < 4.78 is 0. The number of rotatable bonds is 3. The fourth-order valence-corrected chi connectivity index (χ4v) is 0.827. The van der Waals surface area contributed by atoms with Gasteiger partial charge in [0.05, 0.1) is 6.33 Å². The molecule has 0 spiro atoms. The number of nitrogens with one attached hydrogen (secondary N) is 1. The smallest absolute Gasteiger partial charge is 0.0921 e. The first-order valence-electron chi connectivity index (χ1n) is 3.42. The Morgan fingerprint density at radius 2 is 2.70 bits per heavy atom. The molecule has 54 valence electrons. The Bertz CT molecular complexity index is 189. The van der Waals surface area contributed by atoms with E-state index < -0.39 is 0 Å². The zero-order chi connectivity index (χ0) is 7.40. The molecule has 1 unspecified atom stereocenters. The number of aromatic nitrogens is 2. The maximum absolute atomic E-state index is 3.92. The lowest BCUT2D eigenvalue weighted by Crippen LogP contribution is -1.94. The van der Waals surface area contributed by atoms with Crippen molar-refractivity contribution >= 4 is 0 Å². The average Bonchev–Trinajstić information content (AvgIpc) is 2.40.